The van der Waals surface area contributed by atoms with Crippen molar-refractivity contribution in [1.29, 1.82) is 0 Å². The Hall–Kier alpha value is -1.00. The zero-order valence-electron chi connectivity index (χ0n) is 10.6. The van der Waals surface area contributed by atoms with E-state index >= 15 is 0 Å². The van der Waals surface area contributed by atoms with Crippen LogP contribution in [0.4, 0.5) is 0 Å². The molecule has 0 saturated carbocycles. The summed E-state index contributed by atoms with van der Waals surface area (Å²) < 4.78 is 6.53. The molecule has 1 aliphatic heterocycles. The summed E-state index contributed by atoms with van der Waals surface area (Å²) in [5, 5.41) is 4.63. The molecule has 18 heavy (non-hydrogen) atoms. The third-order valence-corrected chi connectivity index (χ3v) is 4.60. The first-order valence-electron chi connectivity index (χ1n) is 6.27. The van der Waals surface area contributed by atoms with E-state index in [1.807, 2.05) is 0 Å². The van der Waals surface area contributed by atoms with Gasteiger partial charge in [-0.05, 0) is 53.5 Å². The molecule has 2 N–H and O–H groups in total. The minimum Gasteiger partial charge on any atom is -0.497 e. The number of methoxy groups -OCH3 is 1. The minimum atomic E-state index is 0.581. The van der Waals surface area contributed by atoms with E-state index in [9.17, 15) is 0 Å². The lowest BCUT2D eigenvalue weighted by molar-refractivity contribution is 0.415. The Morgan fingerprint density at radius 2 is 2.22 bits per heavy atom. The number of aromatic amines is 1. The molecule has 3 nitrogen and oxygen atoms in total. The van der Waals surface area contributed by atoms with Gasteiger partial charge in [0.25, 0.3) is 0 Å². The third kappa shape index (κ3) is 1.84. The smallest absolute Gasteiger partial charge is 0.119 e. The molecule has 1 saturated heterocycles. The molecule has 4 heteroatoms. The highest BCUT2D eigenvalue weighted by Crippen LogP contribution is 2.37. The summed E-state index contributed by atoms with van der Waals surface area (Å²) in [5.74, 6) is 1.49. The van der Waals surface area contributed by atoms with Gasteiger partial charge in [0.1, 0.15) is 5.75 Å². The van der Waals surface area contributed by atoms with Gasteiger partial charge >= 0.3 is 0 Å². The Bertz CT molecular complexity index is 585. The summed E-state index contributed by atoms with van der Waals surface area (Å²) in [5.41, 5.74) is 3.75. The number of fused-ring (bicyclic) bond motifs is 1. The van der Waals surface area contributed by atoms with E-state index in [2.05, 4.69) is 45.3 Å². The molecule has 1 atom stereocenters. The fourth-order valence-electron chi connectivity index (χ4n) is 2.73. The van der Waals surface area contributed by atoms with Gasteiger partial charge in [-0.2, -0.15) is 0 Å². The number of rotatable bonds is 2. The average Bonchev–Trinajstić information content (AvgIpc) is 2.98. The number of ether oxygens (including phenoxy) is 1. The molecular formula is C14H17BrN2O. The van der Waals surface area contributed by atoms with Gasteiger partial charge in [0, 0.05) is 33.5 Å². The maximum Gasteiger partial charge on any atom is 0.119 e. The monoisotopic (exact) mass is 308 g/mol. The summed E-state index contributed by atoms with van der Waals surface area (Å²) in [4.78, 5) is 3.58. The van der Waals surface area contributed by atoms with Crippen LogP contribution in [0.1, 0.15) is 23.6 Å². The molecule has 2 aromatic rings. The number of hydrogen-bond donors (Lipinski definition) is 2. The van der Waals surface area contributed by atoms with E-state index < -0.39 is 0 Å². The minimum absolute atomic E-state index is 0.581. The van der Waals surface area contributed by atoms with Crippen LogP contribution in [0, 0.1) is 6.92 Å². The standard InChI is InChI=1S/C14H17BrN2O/c1-8-5-10(18-2)6-11-12(15)14(17-13(8)11)9-3-4-16-7-9/h5-6,9,16-17H,3-4,7H2,1-2H3. The maximum atomic E-state index is 5.35. The van der Waals surface area contributed by atoms with Crippen molar-refractivity contribution in [3.05, 3.63) is 27.9 Å². The van der Waals surface area contributed by atoms with Gasteiger partial charge in [0.05, 0.1) is 7.11 Å². The second-order valence-electron chi connectivity index (χ2n) is 4.91. The van der Waals surface area contributed by atoms with E-state index in [1.165, 1.54) is 33.1 Å². The Balaban J connectivity index is 2.17. The van der Waals surface area contributed by atoms with Crippen LogP contribution < -0.4 is 10.1 Å². The first-order chi connectivity index (χ1) is 8.70. The zero-order valence-corrected chi connectivity index (χ0v) is 12.2. The number of aryl methyl sites for hydroxylation is 1. The van der Waals surface area contributed by atoms with E-state index in [0.29, 0.717) is 5.92 Å². The Labute approximate surface area is 115 Å². The van der Waals surface area contributed by atoms with Gasteiger partial charge < -0.3 is 15.0 Å². The molecule has 3 rings (SSSR count). The number of halogens is 1. The first kappa shape index (κ1) is 12.1. The molecule has 1 aliphatic rings. The van der Waals surface area contributed by atoms with E-state index in [4.69, 9.17) is 4.74 Å². The quantitative estimate of drug-likeness (QED) is 0.893. The van der Waals surface area contributed by atoms with Gasteiger partial charge in [-0.1, -0.05) is 0 Å². The SMILES string of the molecule is COc1cc(C)c2[nH]c(C3CCNC3)c(Br)c2c1. The van der Waals surface area contributed by atoms with Crippen LogP contribution in [0.2, 0.25) is 0 Å². The summed E-state index contributed by atoms with van der Waals surface area (Å²) >= 11 is 3.74. The van der Waals surface area contributed by atoms with Gasteiger partial charge in [-0.3, -0.25) is 0 Å². The third-order valence-electron chi connectivity index (χ3n) is 3.75. The first-order valence-corrected chi connectivity index (χ1v) is 7.06. The molecule has 0 bridgehead atoms. The second-order valence-corrected chi connectivity index (χ2v) is 5.70. The number of benzene rings is 1. The molecule has 1 aromatic heterocycles. The Morgan fingerprint density at radius 1 is 1.39 bits per heavy atom. The fraction of sp³-hybridized carbons (Fsp3) is 0.429. The van der Waals surface area contributed by atoms with E-state index in [-0.39, 0.29) is 0 Å². The zero-order chi connectivity index (χ0) is 12.7. The highest BCUT2D eigenvalue weighted by Gasteiger charge is 2.22. The molecular weight excluding hydrogens is 292 g/mol. The number of hydrogen-bond acceptors (Lipinski definition) is 2. The Kier molecular flexibility index (Phi) is 3.08. The molecule has 1 unspecified atom stereocenters. The van der Waals surface area contributed by atoms with Crippen molar-refractivity contribution in [3.8, 4) is 5.75 Å². The molecule has 0 spiro atoms. The highest BCUT2D eigenvalue weighted by atomic mass is 79.9. The summed E-state index contributed by atoms with van der Waals surface area (Å²) in [6.07, 6.45) is 1.20. The molecule has 0 amide bonds. The molecule has 1 aromatic carbocycles. The predicted octanol–water partition coefficient (Wildman–Crippen LogP) is 3.32. The largest absolute Gasteiger partial charge is 0.497 e. The van der Waals surface area contributed by atoms with Crippen LogP contribution in [0.5, 0.6) is 5.75 Å². The van der Waals surface area contributed by atoms with Crippen molar-refractivity contribution >= 4 is 26.8 Å². The Morgan fingerprint density at radius 3 is 2.89 bits per heavy atom. The lowest BCUT2D eigenvalue weighted by atomic mass is 10.1. The highest BCUT2D eigenvalue weighted by molar-refractivity contribution is 9.10. The normalized spacial score (nSPS) is 19.6. The van der Waals surface area contributed by atoms with Gasteiger partial charge in [0.2, 0.25) is 0 Å². The van der Waals surface area contributed by atoms with Crippen LogP contribution >= 0.6 is 15.9 Å². The topological polar surface area (TPSA) is 37.0 Å². The number of aromatic nitrogens is 1. The molecule has 0 aliphatic carbocycles. The number of nitrogens with one attached hydrogen (secondary N) is 2. The van der Waals surface area contributed by atoms with Crippen LogP contribution in [0.25, 0.3) is 10.9 Å². The summed E-state index contributed by atoms with van der Waals surface area (Å²) in [7, 11) is 1.71. The van der Waals surface area contributed by atoms with Crippen molar-refractivity contribution < 1.29 is 4.74 Å². The van der Waals surface area contributed by atoms with Gasteiger partial charge in [-0.15, -0.1) is 0 Å². The average molecular weight is 309 g/mol. The molecule has 2 heterocycles. The predicted molar refractivity (Wildman–Crippen MR) is 77.5 cm³/mol. The van der Waals surface area contributed by atoms with Crippen LogP contribution in [-0.2, 0) is 0 Å². The summed E-state index contributed by atoms with van der Waals surface area (Å²) in [6, 6.07) is 4.16. The lowest BCUT2D eigenvalue weighted by Crippen LogP contribution is -2.08. The van der Waals surface area contributed by atoms with Gasteiger partial charge in [-0.25, -0.2) is 0 Å². The lowest BCUT2D eigenvalue weighted by Gasteiger charge is -2.06. The van der Waals surface area contributed by atoms with Crippen LogP contribution in [0.15, 0.2) is 16.6 Å². The van der Waals surface area contributed by atoms with Crippen molar-refractivity contribution in [2.75, 3.05) is 20.2 Å². The van der Waals surface area contributed by atoms with Crippen molar-refractivity contribution in [3.63, 3.8) is 0 Å². The van der Waals surface area contributed by atoms with E-state index in [1.54, 1.807) is 7.11 Å². The molecule has 1 fully saturated rings. The maximum absolute atomic E-state index is 5.35. The summed E-state index contributed by atoms with van der Waals surface area (Å²) in [6.45, 7) is 4.28. The fourth-order valence-corrected chi connectivity index (χ4v) is 3.46. The molecule has 96 valence electrons. The van der Waals surface area contributed by atoms with Crippen molar-refractivity contribution in [2.24, 2.45) is 0 Å². The second kappa shape index (κ2) is 4.59. The van der Waals surface area contributed by atoms with Crippen molar-refractivity contribution in [1.82, 2.24) is 10.3 Å². The van der Waals surface area contributed by atoms with Crippen molar-refractivity contribution in [2.45, 2.75) is 19.3 Å². The van der Waals surface area contributed by atoms with Crippen LogP contribution in [-0.4, -0.2) is 25.2 Å². The van der Waals surface area contributed by atoms with E-state index in [0.717, 1.165) is 18.8 Å². The molecule has 0 radical (unpaired) electrons. The number of H-pyrrole nitrogens is 1. The van der Waals surface area contributed by atoms with Crippen LogP contribution in [0.3, 0.4) is 0 Å². The van der Waals surface area contributed by atoms with Gasteiger partial charge in [0.15, 0.2) is 0 Å².